The maximum atomic E-state index is 13.0. The molecule has 29 heavy (non-hydrogen) atoms. The molecule has 1 aliphatic rings. The number of rotatable bonds is 4. The molecule has 0 unspecified atom stereocenters. The highest BCUT2D eigenvalue weighted by molar-refractivity contribution is 5.98. The van der Waals surface area contributed by atoms with Gasteiger partial charge in [0.25, 0.3) is 0 Å². The predicted molar refractivity (Wildman–Crippen MR) is 112 cm³/mol. The van der Waals surface area contributed by atoms with Crippen LogP contribution in [0.25, 0.3) is 0 Å². The largest absolute Gasteiger partial charge is 0.324 e. The topological polar surface area (TPSA) is 87.5 Å². The lowest BCUT2D eigenvalue weighted by atomic mass is 9.87. The lowest BCUT2D eigenvalue weighted by Gasteiger charge is -2.37. The van der Waals surface area contributed by atoms with Gasteiger partial charge in [-0.25, -0.2) is 9.18 Å². The van der Waals surface area contributed by atoms with Gasteiger partial charge in [0.1, 0.15) is 5.82 Å². The van der Waals surface area contributed by atoms with Crippen molar-refractivity contribution in [1.29, 1.82) is 0 Å². The molecule has 3 amide bonds. The SMILES string of the molecule is CC(C)c1ccc(NC(=O)C2(N)CCN(C(=O)Nc3ccc(F)cc3)CC2)cc1. The van der Waals surface area contributed by atoms with Gasteiger partial charge in [-0.3, -0.25) is 4.79 Å². The number of piperidine rings is 1. The number of nitrogens with two attached hydrogens (primary N) is 1. The van der Waals surface area contributed by atoms with Gasteiger partial charge < -0.3 is 21.3 Å². The zero-order valence-electron chi connectivity index (χ0n) is 16.7. The normalized spacial score (nSPS) is 15.8. The first-order valence-electron chi connectivity index (χ1n) is 9.79. The van der Waals surface area contributed by atoms with Gasteiger partial charge in [-0.05, 0) is 60.7 Å². The van der Waals surface area contributed by atoms with Gasteiger partial charge in [-0.2, -0.15) is 0 Å². The second kappa shape index (κ2) is 8.61. The Balaban J connectivity index is 1.54. The minimum Gasteiger partial charge on any atom is -0.324 e. The van der Waals surface area contributed by atoms with Crippen LogP contribution in [0.3, 0.4) is 0 Å². The monoisotopic (exact) mass is 398 g/mol. The molecule has 0 bridgehead atoms. The third kappa shape index (κ3) is 5.12. The quantitative estimate of drug-likeness (QED) is 0.730. The van der Waals surface area contributed by atoms with E-state index in [0.717, 1.165) is 0 Å². The molecule has 1 saturated heterocycles. The number of benzene rings is 2. The number of hydrogen-bond donors (Lipinski definition) is 3. The maximum absolute atomic E-state index is 13.0. The molecular formula is C22H27FN4O2. The van der Waals surface area contributed by atoms with Crippen LogP contribution in [0, 0.1) is 5.82 Å². The number of likely N-dealkylation sites (tertiary alicyclic amines) is 1. The Labute approximate surface area is 170 Å². The van der Waals surface area contributed by atoms with E-state index in [1.165, 1.54) is 29.8 Å². The third-order valence-corrected chi connectivity index (χ3v) is 5.33. The number of nitrogens with one attached hydrogen (secondary N) is 2. The van der Waals surface area contributed by atoms with Crippen molar-refractivity contribution in [3.63, 3.8) is 0 Å². The zero-order chi connectivity index (χ0) is 21.0. The fourth-order valence-electron chi connectivity index (χ4n) is 3.28. The van der Waals surface area contributed by atoms with Crippen molar-refractivity contribution in [2.75, 3.05) is 23.7 Å². The van der Waals surface area contributed by atoms with Crippen LogP contribution in [0.5, 0.6) is 0 Å². The molecule has 154 valence electrons. The summed E-state index contributed by atoms with van der Waals surface area (Å²) in [6.07, 6.45) is 0.722. The molecule has 1 heterocycles. The first kappa shape index (κ1) is 20.8. The molecule has 2 aromatic rings. The molecule has 0 radical (unpaired) electrons. The van der Waals surface area contributed by atoms with E-state index in [9.17, 15) is 14.0 Å². The van der Waals surface area contributed by atoms with Crippen LogP contribution in [0.1, 0.15) is 38.2 Å². The number of urea groups is 1. The highest BCUT2D eigenvalue weighted by Gasteiger charge is 2.38. The molecule has 1 fully saturated rings. The van der Waals surface area contributed by atoms with Crippen LogP contribution in [0.15, 0.2) is 48.5 Å². The first-order valence-corrected chi connectivity index (χ1v) is 9.79. The van der Waals surface area contributed by atoms with Gasteiger partial charge >= 0.3 is 6.03 Å². The summed E-state index contributed by atoms with van der Waals surface area (Å²) in [6.45, 7) is 4.96. The van der Waals surface area contributed by atoms with E-state index >= 15 is 0 Å². The number of anilines is 2. The van der Waals surface area contributed by atoms with E-state index in [4.69, 9.17) is 5.73 Å². The summed E-state index contributed by atoms with van der Waals surface area (Å²) in [5.74, 6) is -0.182. The summed E-state index contributed by atoms with van der Waals surface area (Å²) < 4.78 is 13.0. The molecule has 4 N–H and O–H groups in total. The second-order valence-electron chi connectivity index (χ2n) is 7.81. The number of carbonyl (C=O) groups excluding carboxylic acids is 2. The van der Waals surface area contributed by atoms with E-state index in [2.05, 4.69) is 24.5 Å². The predicted octanol–water partition coefficient (Wildman–Crippen LogP) is 3.91. The van der Waals surface area contributed by atoms with Crippen LogP contribution in [-0.4, -0.2) is 35.5 Å². The minimum atomic E-state index is -1.02. The van der Waals surface area contributed by atoms with Crippen molar-refractivity contribution < 1.29 is 14.0 Å². The Hall–Kier alpha value is -2.93. The Morgan fingerprint density at radius 1 is 0.966 bits per heavy atom. The highest BCUT2D eigenvalue weighted by atomic mass is 19.1. The molecule has 0 spiro atoms. The number of nitrogens with zero attached hydrogens (tertiary/aromatic N) is 1. The molecule has 7 heteroatoms. The van der Waals surface area contributed by atoms with Crippen molar-refractivity contribution in [3.8, 4) is 0 Å². The van der Waals surface area contributed by atoms with Crippen molar-refractivity contribution >= 4 is 23.3 Å². The highest BCUT2D eigenvalue weighted by Crippen LogP contribution is 2.24. The Morgan fingerprint density at radius 3 is 2.03 bits per heavy atom. The van der Waals surface area contributed by atoms with Crippen LogP contribution in [0.2, 0.25) is 0 Å². The van der Waals surface area contributed by atoms with Crippen LogP contribution in [0.4, 0.5) is 20.6 Å². The Bertz CT molecular complexity index is 857. The number of hydrogen-bond acceptors (Lipinski definition) is 3. The summed E-state index contributed by atoms with van der Waals surface area (Å²) in [5.41, 5.74) is 7.75. The number of carbonyl (C=O) groups is 2. The van der Waals surface area contributed by atoms with E-state index in [0.29, 0.717) is 43.2 Å². The summed E-state index contributed by atoms with van der Waals surface area (Å²) in [5, 5.41) is 5.62. The molecular weight excluding hydrogens is 371 g/mol. The lowest BCUT2D eigenvalue weighted by Crippen LogP contribution is -2.58. The van der Waals surface area contributed by atoms with E-state index < -0.39 is 5.54 Å². The number of amides is 3. The summed E-state index contributed by atoms with van der Waals surface area (Å²) in [7, 11) is 0. The van der Waals surface area contributed by atoms with Crippen molar-refractivity contribution in [1.82, 2.24) is 4.90 Å². The van der Waals surface area contributed by atoms with Crippen molar-refractivity contribution in [3.05, 3.63) is 59.9 Å². The minimum absolute atomic E-state index is 0.242. The summed E-state index contributed by atoms with van der Waals surface area (Å²) in [4.78, 5) is 26.7. The average molecular weight is 398 g/mol. The molecule has 0 aromatic heterocycles. The number of halogens is 1. The fourth-order valence-corrected chi connectivity index (χ4v) is 3.28. The summed E-state index contributed by atoms with van der Waals surface area (Å²) >= 11 is 0. The molecule has 0 atom stereocenters. The van der Waals surface area contributed by atoms with Gasteiger partial charge in [-0.1, -0.05) is 26.0 Å². The smallest absolute Gasteiger partial charge is 0.321 e. The zero-order valence-corrected chi connectivity index (χ0v) is 16.7. The van der Waals surface area contributed by atoms with Crippen molar-refractivity contribution in [2.45, 2.75) is 38.1 Å². The maximum Gasteiger partial charge on any atom is 0.321 e. The molecule has 0 aliphatic carbocycles. The van der Waals surface area contributed by atoms with Crippen LogP contribution >= 0.6 is 0 Å². The van der Waals surface area contributed by atoms with E-state index in [1.54, 1.807) is 4.90 Å². The van der Waals surface area contributed by atoms with E-state index in [-0.39, 0.29) is 17.8 Å². The third-order valence-electron chi connectivity index (χ3n) is 5.33. The van der Waals surface area contributed by atoms with Crippen molar-refractivity contribution in [2.24, 2.45) is 5.73 Å². The Kier molecular flexibility index (Phi) is 6.17. The fraction of sp³-hybridized carbons (Fsp3) is 0.364. The summed E-state index contributed by atoms with van der Waals surface area (Å²) in [6, 6.07) is 13.0. The van der Waals surface area contributed by atoms with Gasteiger partial charge in [-0.15, -0.1) is 0 Å². The first-order chi connectivity index (χ1) is 13.8. The molecule has 6 nitrogen and oxygen atoms in total. The van der Waals surface area contributed by atoms with Crippen LogP contribution < -0.4 is 16.4 Å². The Morgan fingerprint density at radius 2 is 1.48 bits per heavy atom. The molecule has 3 rings (SSSR count). The van der Waals surface area contributed by atoms with E-state index in [1.807, 2.05) is 24.3 Å². The lowest BCUT2D eigenvalue weighted by molar-refractivity contribution is -0.122. The molecule has 1 aliphatic heterocycles. The van der Waals surface area contributed by atoms with Crippen LogP contribution in [-0.2, 0) is 4.79 Å². The van der Waals surface area contributed by atoms with Gasteiger partial charge in [0, 0.05) is 24.5 Å². The van der Waals surface area contributed by atoms with Gasteiger partial charge in [0.15, 0.2) is 0 Å². The molecule has 2 aromatic carbocycles. The average Bonchev–Trinajstić information content (AvgIpc) is 2.70. The van der Waals surface area contributed by atoms with Gasteiger partial charge in [0.2, 0.25) is 5.91 Å². The standard InChI is InChI=1S/C22H27FN4O2/c1-15(2)16-3-7-18(8-4-16)25-20(28)22(24)11-13-27(14-12-22)21(29)26-19-9-5-17(23)6-10-19/h3-10,15H,11-14,24H2,1-2H3,(H,25,28)(H,26,29). The second-order valence-corrected chi connectivity index (χ2v) is 7.81. The van der Waals surface area contributed by atoms with Gasteiger partial charge in [0.05, 0.1) is 5.54 Å². The molecule has 0 saturated carbocycles.